The zero-order valence-electron chi connectivity index (χ0n) is 9.05. The van der Waals surface area contributed by atoms with Gasteiger partial charge in [-0.15, -0.1) is 0 Å². The lowest BCUT2D eigenvalue weighted by atomic mass is 10.0. The minimum absolute atomic E-state index is 0.197. The van der Waals surface area contributed by atoms with Crippen molar-refractivity contribution >= 4 is 21.7 Å². The second-order valence-electron chi connectivity index (χ2n) is 3.37. The Morgan fingerprint density at radius 3 is 2.73 bits per heavy atom. The number of hydrogen-bond donors (Lipinski definition) is 0. The van der Waals surface area contributed by atoms with E-state index in [1.54, 1.807) is 0 Å². The van der Waals surface area contributed by atoms with Crippen molar-refractivity contribution in [2.75, 3.05) is 11.9 Å². The van der Waals surface area contributed by atoms with Crippen LogP contribution in [0.1, 0.15) is 18.1 Å². The van der Waals surface area contributed by atoms with E-state index in [1.807, 2.05) is 32.0 Å². The van der Waals surface area contributed by atoms with Crippen LogP contribution in [0.15, 0.2) is 18.2 Å². The van der Waals surface area contributed by atoms with E-state index in [4.69, 9.17) is 4.74 Å². The molecule has 1 aromatic rings. The zero-order chi connectivity index (χ0) is 11.3. The van der Waals surface area contributed by atoms with Gasteiger partial charge in [0.05, 0.1) is 11.9 Å². The molecule has 0 aliphatic carbocycles. The van der Waals surface area contributed by atoms with Crippen molar-refractivity contribution in [3.63, 3.8) is 0 Å². The number of ether oxygens (including phenoxy) is 1. The predicted octanol–water partition coefficient (Wildman–Crippen LogP) is 2.90. The maximum absolute atomic E-state index is 11.3. The van der Waals surface area contributed by atoms with E-state index in [0.29, 0.717) is 18.4 Å². The van der Waals surface area contributed by atoms with Crippen molar-refractivity contribution in [1.82, 2.24) is 0 Å². The standard InChI is InChI=1S/C12H15BrO2/c1-3-15-12-5-4-10(9(2)6-12)7-11(14)8-13/h4-6H,3,7-8H2,1-2H3. The molecule has 15 heavy (non-hydrogen) atoms. The summed E-state index contributed by atoms with van der Waals surface area (Å²) in [6.07, 6.45) is 0.490. The Morgan fingerprint density at radius 1 is 1.47 bits per heavy atom. The van der Waals surface area contributed by atoms with Gasteiger partial charge >= 0.3 is 0 Å². The summed E-state index contributed by atoms with van der Waals surface area (Å²) in [6, 6.07) is 5.84. The summed E-state index contributed by atoms with van der Waals surface area (Å²) in [5, 5.41) is 0.416. The smallest absolute Gasteiger partial charge is 0.147 e. The normalized spacial score (nSPS) is 10.1. The Balaban J connectivity index is 2.78. The van der Waals surface area contributed by atoms with E-state index < -0.39 is 0 Å². The first-order valence-electron chi connectivity index (χ1n) is 4.97. The molecule has 0 heterocycles. The Hall–Kier alpha value is -0.830. The van der Waals surface area contributed by atoms with Gasteiger partial charge in [-0.1, -0.05) is 22.0 Å². The summed E-state index contributed by atoms with van der Waals surface area (Å²) in [5.41, 5.74) is 2.18. The molecule has 82 valence electrons. The Morgan fingerprint density at radius 2 is 2.20 bits per heavy atom. The molecule has 0 spiro atoms. The largest absolute Gasteiger partial charge is 0.494 e. The van der Waals surface area contributed by atoms with Crippen molar-refractivity contribution in [2.45, 2.75) is 20.3 Å². The van der Waals surface area contributed by atoms with E-state index in [-0.39, 0.29) is 5.78 Å². The minimum Gasteiger partial charge on any atom is -0.494 e. The van der Waals surface area contributed by atoms with E-state index in [1.165, 1.54) is 0 Å². The predicted molar refractivity (Wildman–Crippen MR) is 64.9 cm³/mol. The molecule has 0 saturated heterocycles. The average Bonchev–Trinajstić information content (AvgIpc) is 2.22. The highest BCUT2D eigenvalue weighted by Crippen LogP contribution is 2.18. The number of ketones is 1. The molecule has 0 bridgehead atoms. The quantitative estimate of drug-likeness (QED) is 0.770. The highest BCUT2D eigenvalue weighted by atomic mass is 79.9. The van der Waals surface area contributed by atoms with Crippen LogP contribution in [0.4, 0.5) is 0 Å². The topological polar surface area (TPSA) is 26.3 Å². The monoisotopic (exact) mass is 270 g/mol. The third-order valence-electron chi connectivity index (χ3n) is 2.16. The number of carbonyl (C=O) groups excluding carboxylic acids is 1. The van der Waals surface area contributed by atoms with Gasteiger partial charge in [0.25, 0.3) is 0 Å². The maximum Gasteiger partial charge on any atom is 0.147 e. The Kier molecular flexibility index (Phi) is 4.82. The van der Waals surface area contributed by atoms with Gasteiger partial charge in [-0.2, -0.15) is 0 Å². The van der Waals surface area contributed by atoms with Gasteiger partial charge in [0.2, 0.25) is 0 Å². The average molecular weight is 271 g/mol. The fourth-order valence-electron chi connectivity index (χ4n) is 1.38. The van der Waals surface area contributed by atoms with Crippen LogP contribution < -0.4 is 4.74 Å². The van der Waals surface area contributed by atoms with Gasteiger partial charge in [0.1, 0.15) is 11.5 Å². The molecule has 1 aromatic carbocycles. The fourth-order valence-corrected chi connectivity index (χ4v) is 1.58. The SMILES string of the molecule is CCOc1ccc(CC(=O)CBr)c(C)c1. The molecule has 3 heteroatoms. The number of benzene rings is 1. The van der Waals surface area contributed by atoms with Crippen LogP contribution in [-0.2, 0) is 11.2 Å². The summed E-state index contributed by atoms with van der Waals surface area (Å²) in [5.74, 6) is 1.06. The maximum atomic E-state index is 11.3. The number of halogens is 1. The van der Waals surface area contributed by atoms with Crippen LogP contribution in [-0.4, -0.2) is 17.7 Å². The van der Waals surface area contributed by atoms with Crippen LogP contribution in [0, 0.1) is 6.92 Å². The van der Waals surface area contributed by atoms with Crippen LogP contribution >= 0.6 is 15.9 Å². The minimum atomic E-state index is 0.197. The van der Waals surface area contributed by atoms with Gasteiger partial charge in [-0.3, -0.25) is 4.79 Å². The van der Waals surface area contributed by atoms with Gasteiger partial charge in [-0.05, 0) is 37.1 Å². The fraction of sp³-hybridized carbons (Fsp3) is 0.417. The second-order valence-corrected chi connectivity index (χ2v) is 3.93. The summed E-state index contributed by atoms with van der Waals surface area (Å²) >= 11 is 3.16. The highest BCUT2D eigenvalue weighted by molar-refractivity contribution is 9.09. The summed E-state index contributed by atoms with van der Waals surface area (Å²) < 4.78 is 5.38. The van der Waals surface area contributed by atoms with Gasteiger partial charge in [0.15, 0.2) is 0 Å². The lowest BCUT2D eigenvalue weighted by Gasteiger charge is -2.08. The molecule has 0 amide bonds. The number of rotatable bonds is 5. The van der Waals surface area contributed by atoms with Crippen LogP contribution in [0.5, 0.6) is 5.75 Å². The summed E-state index contributed by atoms with van der Waals surface area (Å²) in [7, 11) is 0. The number of carbonyl (C=O) groups is 1. The third kappa shape index (κ3) is 3.67. The summed E-state index contributed by atoms with van der Waals surface area (Å²) in [4.78, 5) is 11.3. The molecule has 0 atom stereocenters. The summed E-state index contributed by atoms with van der Waals surface area (Å²) in [6.45, 7) is 4.62. The molecule has 0 radical (unpaired) electrons. The highest BCUT2D eigenvalue weighted by Gasteiger charge is 2.05. The van der Waals surface area contributed by atoms with Crippen LogP contribution in [0.25, 0.3) is 0 Å². The van der Waals surface area contributed by atoms with Gasteiger partial charge in [-0.25, -0.2) is 0 Å². The molecule has 0 N–H and O–H groups in total. The molecule has 0 fully saturated rings. The Labute approximate surface area is 98.8 Å². The van der Waals surface area contributed by atoms with Crippen molar-refractivity contribution in [1.29, 1.82) is 0 Å². The van der Waals surface area contributed by atoms with Crippen molar-refractivity contribution < 1.29 is 9.53 Å². The molecule has 0 unspecified atom stereocenters. The second kappa shape index (κ2) is 5.91. The first-order chi connectivity index (χ1) is 7.17. The number of aryl methyl sites for hydroxylation is 1. The van der Waals surface area contributed by atoms with E-state index in [2.05, 4.69) is 15.9 Å². The lowest BCUT2D eigenvalue weighted by Crippen LogP contribution is -2.05. The van der Waals surface area contributed by atoms with Crippen LogP contribution in [0.2, 0.25) is 0 Å². The van der Waals surface area contributed by atoms with E-state index in [0.717, 1.165) is 16.9 Å². The molecule has 0 aromatic heterocycles. The molecule has 0 aliphatic rings. The first kappa shape index (κ1) is 12.2. The van der Waals surface area contributed by atoms with Crippen LogP contribution in [0.3, 0.4) is 0 Å². The van der Waals surface area contributed by atoms with Gasteiger partial charge < -0.3 is 4.74 Å². The number of alkyl halides is 1. The number of Topliss-reactive ketones (excluding diaryl/α,β-unsaturated/α-hetero) is 1. The first-order valence-corrected chi connectivity index (χ1v) is 6.09. The van der Waals surface area contributed by atoms with Crippen molar-refractivity contribution in [2.24, 2.45) is 0 Å². The number of hydrogen-bond acceptors (Lipinski definition) is 2. The van der Waals surface area contributed by atoms with Crippen molar-refractivity contribution in [3.05, 3.63) is 29.3 Å². The van der Waals surface area contributed by atoms with Gasteiger partial charge in [0, 0.05) is 6.42 Å². The molecule has 2 nitrogen and oxygen atoms in total. The van der Waals surface area contributed by atoms with Crippen molar-refractivity contribution in [3.8, 4) is 5.75 Å². The Bertz CT molecular complexity index is 347. The van der Waals surface area contributed by atoms with E-state index in [9.17, 15) is 4.79 Å². The molecular formula is C12H15BrO2. The molecule has 0 saturated carbocycles. The molecule has 0 aliphatic heterocycles. The van der Waals surface area contributed by atoms with E-state index >= 15 is 0 Å². The zero-order valence-corrected chi connectivity index (χ0v) is 10.6. The molecule has 1 rings (SSSR count). The molecular weight excluding hydrogens is 256 g/mol. The third-order valence-corrected chi connectivity index (χ3v) is 2.79. The lowest BCUT2D eigenvalue weighted by molar-refractivity contribution is -0.115.